The molecule has 31 heavy (non-hydrogen) atoms. The van der Waals surface area contributed by atoms with Gasteiger partial charge in [-0.3, -0.25) is 4.55 Å². The zero-order valence-electron chi connectivity index (χ0n) is 18.8. The molecule has 0 aliphatic carbocycles. The zero-order valence-corrected chi connectivity index (χ0v) is 21.6. The molecule has 2 rings (SSSR count). The van der Waals surface area contributed by atoms with Gasteiger partial charge in [0.1, 0.15) is 16.4 Å². The van der Waals surface area contributed by atoms with Gasteiger partial charge < -0.3 is 9.84 Å². The minimum Gasteiger partial charge on any atom is -0.871 e. The van der Waals surface area contributed by atoms with Crippen LogP contribution in [0.25, 0.3) is 0 Å². The molecular weight excluding hydrogens is 423 g/mol. The summed E-state index contributed by atoms with van der Waals surface area (Å²) >= 11 is 0. The molecule has 0 fully saturated rings. The van der Waals surface area contributed by atoms with Crippen LogP contribution in [0.5, 0.6) is 17.2 Å². The summed E-state index contributed by atoms with van der Waals surface area (Å²) in [5, 5.41) is 11.8. The Hall–Kier alpha value is -1.05. The van der Waals surface area contributed by atoms with E-state index >= 15 is 0 Å². The van der Waals surface area contributed by atoms with Crippen LogP contribution in [-0.4, -0.2) is 13.0 Å². The Morgan fingerprint density at radius 1 is 0.839 bits per heavy atom. The molecule has 0 atom stereocenters. The topological polar surface area (TPSA) is 86.7 Å². The van der Waals surface area contributed by atoms with E-state index in [0.29, 0.717) is 5.75 Å². The standard InChI is InChI=1S/C24H34O5S.Na/c1-2-3-4-5-6-7-8-9-10-11-13-20-16-18-21(19-17-20)29-23-15-12-14-22(25)24(23)30(26,27)28;/h12,14-19,25H,2-11,13H2,1H3,(H,26,27,28);/q;+1/p-1. The largest absolute Gasteiger partial charge is 1.00 e. The van der Waals surface area contributed by atoms with Gasteiger partial charge in [0, 0.05) is 0 Å². The second-order valence-corrected chi connectivity index (χ2v) is 9.09. The summed E-state index contributed by atoms with van der Waals surface area (Å²) in [6, 6.07) is 11.2. The Bertz CT molecular complexity index is 866. The molecule has 0 saturated heterocycles. The molecule has 0 aliphatic heterocycles. The van der Waals surface area contributed by atoms with Crippen molar-refractivity contribution in [1.29, 1.82) is 0 Å². The third-order valence-electron chi connectivity index (χ3n) is 5.17. The molecule has 7 heteroatoms. The minimum atomic E-state index is -4.66. The van der Waals surface area contributed by atoms with E-state index in [2.05, 4.69) is 6.92 Å². The second-order valence-electron chi connectivity index (χ2n) is 7.74. The third kappa shape index (κ3) is 10.4. The van der Waals surface area contributed by atoms with E-state index in [4.69, 9.17) is 4.74 Å². The van der Waals surface area contributed by atoms with E-state index in [1.165, 1.54) is 75.5 Å². The van der Waals surface area contributed by atoms with Crippen LogP contribution in [0.15, 0.2) is 47.4 Å². The van der Waals surface area contributed by atoms with E-state index in [1.54, 1.807) is 12.1 Å². The average Bonchev–Trinajstić information content (AvgIpc) is 2.70. The maximum atomic E-state index is 11.8. The number of hydrogen-bond acceptors (Lipinski definition) is 4. The van der Waals surface area contributed by atoms with Crippen molar-refractivity contribution in [2.24, 2.45) is 0 Å². The van der Waals surface area contributed by atoms with Crippen LogP contribution in [0.4, 0.5) is 0 Å². The Kier molecular flexibility index (Phi) is 13.5. The molecular formula is C24H33NaO5S. The molecule has 0 aliphatic rings. The quantitative estimate of drug-likeness (QED) is 0.268. The second kappa shape index (κ2) is 14.9. The van der Waals surface area contributed by atoms with Crippen molar-refractivity contribution < 1.29 is 52.4 Å². The fourth-order valence-corrected chi connectivity index (χ4v) is 4.18. The third-order valence-corrected chi connectivity index (χ3v) is 6.09. The van der Waals surface area contributed by atoms with Crippen LogP contribution in [0.1, 0.15) is 76.7 Å². The van der Waals surface area contributed by atoms with Gasteiger partial charge in [-0.2, -0.15) is 8.42 Å². The summed E-state index contributed by atoms with van der Waals surface area (Å²) in [5.41, 5.74) is 1.19. The number of benzene rings is 2. The summed E-state index contributed by atoms with van der Waals surface area (Å²) in [6.45, 7) is 2.24. The van der Waals surface area contributed by atoms with E-state index in [1.807, 2.05) is 12.1 Å². The van der Waals surface area contributed by atoms with Crippen molar-refractivity contribution in [2.75, 3.05) is 0 Å². The Morgan fingerprint density at radius 2 is 1.39 bits per heavy atom. The molecule has 2 aromatic rings. The molecule has 2 aromatic carbocycles. The van der Waals surface area contributed by atoms with Crippen LogP contribution in [0.3, 0.4) is 0 Å². The molecule has 0 heterocycles. The van der Waals surface area contributed by atoms with Crippen molar-refractivity contribution in [1.82, 2.24) is 0 Å². The van der Waals surface area contributed by atoms with Crippen LogP contribution in [0, 0.1) is 0 Å². The van der Waals surface area contributed by atoms with Gasteiger partial charge >= 0.3 is 29.6 Å². The van der Waals surface area contributed by atoms with E-state index in [-0.39, 0.29) is 35.3 Å². The zero-order chi connectivity index (χ0) is 21.8. The first-order valence-electron chi connectivity index (χ1n) is 11.0. The Labute approximate surface area is 209 Å². The molecule has 0 amide bonds. The van der Waals surface area contributed by atoms with Crippen LogP contribution >= 0.6 is 0 Å². The maximum Gasteiger partial charge on any atom is 1.00 e. The van der Waals surface area contributed by atoms with Crippen LogP contribution in [-0.2, 0) is 16.5 Å². The summed E-state index contributed by atoms with van der Waals surface area (Å²) in [7, 11) is -4.66. The van der Waals surface area contributed by atoms with Gasteiger partial charge in [0.05, 0.1) is 0 Å². The van der Waals surface area contributed by atoms with E-state index < -0.39 is 20.8 Å². The summed E-state index contributed by atoms with van der Waals surface area (Å²) in [4.78, 5) is -0.737. The van der Waals surface area contributed by atoms with Gasteiger partial charge in [0.15, 0.2) is 0 Å². The number of unbranched alkanes of at least 4 members (excludes halogenated alkanes) is 9. The Morgan fingerprint density at radius 3 is 1.94 bits per heavy atom. The van der Waals surface area contributed by atoms with Crippen LogP contribution < -0.4 is 39.4 Å². The number of aryl methyl sites for hydroxylation is 1. The molecule has 166 valence electrons. The molecule has 0 aromatic heterocycles. The van der Waals surface area contributed by atoms with Gasteiger partial charge in [-0.25, -0.2) is 0 Å². The molecule has 5 nitrogen and oxygen atoms in total. The first-order chi connectivity index (χ1) is 14.4. The van der Waals surface area contributed by atoms with Crippen molar-refractivity contribution >= 4 is 10.1 Å². The van der Waals surface area contributed by atoms with E-state index in [9.17, 15) is 18.1 Å². The predicted octanol–water partition coefficient (Wildman–Crippen LogP) is 3.27. The monoisotopic (exact) mass is 456 g/mol. The molecule has 0 radical (unpaired) electrons. The first kappa shape index (κ1) is 28.0. The predicted molar refractivity (Wildman–Crippen MR) is 118 cm³/mol. The number of ether oxygens (including phenoxy) is 1. The molecule has 1 N–H and O–H groups in total. The smallest absolute Gasteiger partial charge is 0.871 e. The normalized spacial score (nSPS) is 11.2. The molecule has 0 saturated carbocycles. The summed E-state index contributed by atoms with van der Waals surface area (Å²) in [6.07, 6.45) is 14.0. The molecule has 0 bridgehead atoms. The maximum absolute atomic E-state index is 11.8. The van der Waals surface area contributed by atoms with Gasteiger partial charge in [-0.1, -0.05) is 94.7 Å². The summed E-state index contributed by atoms with van der Waals surface area (Å²) in [5.74, 6) is -0.558. The fourth-order valence-electron chi connectivity index (χ4n) is 3.50. The van der Waals surface area contributed by atoms with Crippen molar-refractivity contribution in [3.05, 3.63) is 48.0 Å². The SMILES string of the molecule is CCCCCCCCCCCCc1ccc(Oc2cccc([O-])c2S(=O)(=O)O)cc1.[Na+]. The van der Waals surface area contributed by atoms with Gasteiger partial charge in [0.25, 0.3) is 10.1 Å². The number of hydrogen-bond donors (Lipinski definition) is 1. The number of rotatable bonds is 14. The van der Waals surface area contributed by atoms with Gasteiger partial charge in [-0.15, -0.1) is 0 Å². The first-order valence-corrected chi connectivity index (χ1v) is 12.4. The van der Waals surface area contributed by atoms with Gasteiger partial charge in [-0.05, 0) is 36.6 Å². The summed E-state index contributed by atoms with van der Waals surface area (Å²) < 4.78 is 37.8. The Balaban J connectivity index is 0.00000480. The van der Waals surface area contributed by atoms with Crippen LogP contribution in [0.2, 0.25) is 0 Å². The fraction of sp³-hybridized carbons (Fsp3) is 0.500. The van der Waals surface area contributed by atoms with Crippen molar-refractivity contribution in [2.45, 2.75) is 82.4 Å². The van der Waals surface area contributed by atoms with E-state index in [0.717, 1.165) is 18.9 Å². The molecule has 0 spiro atoms. The van der Waals surface area contributed by atoms with Crippen molar-refractivity contribution in [3.63, 3.8) is 0 Å². The molecule has 0 unspecified atom stereocenters. The average molecular weight is 457 g/mol. The van der Waals surface area contributed by atoms with Gasteiger partial charge in [0.2, 0.25) is 0 Å². The minimum absolute atomic E-state index is 0. The van der Waals surface area contributed by atoms with Crippen molar-refractivity contribution in [3.8, 4) is 17.2 Å².